The molecular weight excluding hydrogens is 819 g/mol. The van der Waals surface area contributed by atoms with Gasteiger partial charge in [-0.05, 0) is 58.7 Å². The molecule has 3 heterocycles. The van der Waals surface area contributed by atoms with E-state index < -0.39 is 0 Å². The Morgan fingerprint density at radius 1 is 0.239 bits per heavy atom. The number of hydrogen-bond acceptors (Lipinski definition) is 6. The first-order valence-electron chi connectivity index (χ1n) is 22.3. The van der Waals surface area contributed by atoms with Crippen LogP contribution in [0.3, 0.4) is 0 Å². The maximum atomic E-state index is 5.31. The second-order valence-corrected chi connectivity index (χ2v) is 16.3. The van der Waals surface area contributed by atoms with E-state index in [2.05, 4.69) is 144 Å². The molecule has 0 atom stereocenters. The fourth-order valence-electron chi connectivity index (χ4n) is 8.93. The summed E-state index contributed by atoms with van der Waals surface area (Å²) >= 11 is 0. The third-order valence-electron chi connectivity index (χ3n) is 12.1. The zero-order valence-corrected chi connectivity index (χ0v) is 36.1. The molecule has 0 saturated carbocycles. The third-order valence-corrected chi connectivity index (χ3v) is 12.1. The van der Waals surface area contributed by atoms with E-state index in [9.17, 15) is 0 Å². The Hall–Kier alpha value is -9.20. The van der Waals surface area contributed by atoms with Gasteiger partial charge in [0.15, 0.2) is 34.9 Å². The minimum absolute atomic E-state index is 0.517. The Morgan fingerprint density at radius 2 is 0.642 bits per heavy atom. The summed E-state index contributed by atoms with van der Waals surface area (Å²) in [7, 11) is 0. The normalized spacial score (nSPS) is 11.3. The first-order chi connectivity index (χ1) is 33.2. The molecule has 0 aliphatic carbocycles. The maximum Gasteiger partial charge on any atom is 0.166 e. The van der Waals surface area contributed by atoms with Crippen LogP contribution in [-0.4, -0.2) is 34.5 Å². The molecule has 0 fully saturated rings. The van der Waals surface area contributed by atoms with Crippen molar-refractivity contribution in [3.8, 4) is 96.3 Å². The number of nitrogens with zero attached hydrogens (tertiary/aromatic N) is 7. The molecule has 0 N–H and O–H groups in total. The van der Waals surface area contributed by atoms with Crippen LogP contribution < -0.4 is 0 Å². The molecule has 0 radical (unpaired) electrons. The Labute approximate surface area is 387 Å². The summed E-state index contributed by atoms with van der Waals surface area (Å²) in [5.41, 5.74) is 12.6. The Balaban J connectivity index is 1.13. The smallest absolute Gasteiger partial charge is 0.166 e. The van der Waals surface area contributed by atoms with Gasteiger partial charge in [-0.25, -0.2) is 29.9 Å². The molecule has 0 amide bonds. The average Bonchev–Trinajstić information content (AvgIpc) is 3.76. The summed E-state index contributed by atoms with van der Waals surface area (Å²) in [5.74, 6) is 3.33. The fourth-order valence-corrected chi connectivity index (χ4v) is 8.93. The SMILES string of the molecule is c1ccc(-c2cccc(-c3nc(-c4ccccc4)nc(-c4ccc(-n5c6ccccc6c6c(-c7ccccc7)cccc65)c(-c5nc(-c6ccccc6)nc(-c6ccccc6)n5)c4)n3)c2)cc1. The highest BCUT2D eigenvalue weighted by atomic mass is 15.1. The van der Waals surface area contributed by atoms with E-state index in [0.29, 0.717) is 34.9 Å². The van der Waals surface area contributed by atoms with E-state index in [0.717, 1.165) is 83.1 Å². The average molecular weight is 858 g/mol. The summed E-state index contributed by atoms with van der Waals surface area (Å²) < 4.78 is 2.34. The first kappa shape index (κ1) is 39.4. The second-order valence-electron chi connectivity index (χ2n) is 16.3. The monoisotopic (exact) mass is 857 g/mol. The van der Waals surface area contributed by atoms with E-state index in [1.807, 2.05) is 97.1 Å². The van der Waals surface area contributed by atoms with E-state index in [-0.39, 0.29) is 0 Å². The lowest BCUT2D eigenvalue weighted by atomic mass is 9.99. The van der Waals surface area contributed by atoms with Gasteiger partial charge in [0, 0.05) is 44.2 Å². The molecule has 0 unspecified atom stereocenters. The van der Waals surface area contributed by atoms with Crippen molar-refractivity contribution in [2.75, 3.05) is 0 Å². The van der Waals surface area contributed by atoms with Crippen LogP contribution in [0.1, 0.15) is 0 Å². The lowest BCUT2D eigenvalue weighted by Crippen LogP contribution is -2.05. The van der Waals surface area contributed by atoms with E-state index in [1.165, 1.54) is 0 Å². The largest absolute Gasteiger partial charge is 0.308 e. The van der Waals surface area contributed by atoms with Crippen molar-refractivity contribution in [3.05, 3.63) is 237 Å². The lowest BCUT2D eigenvalue weighted by Gasteiger charge is -2.16. The zero-order valence-electron chi connectivity index (χ0n) is 36.1. The minimum atomic E-state index is 0.517. The molecule has 12 rings (SSSR count). The van der Waals surface area contributed by atoms with Gasteiger partial charge in [-0.3, -0.25) is 0 Å². The lowest BCUT2D eigenvalue weighted by molar-refractivity contribution is 1.06. The van der Waals surface area contributed by atoms with Crippen molar-refractivity contribution in [1.29, 1.82) is 0 Å². The van der Waals surface area contributed by atoms with Crippen molar-refractivity contribution in [1.82, 2.24) is 34.5 Å². The van der Waals surface area contributed by atoms with Gasteiger partial charge in [0.1, 0.15) is 0 Å². The van der Waals surface area contributed by atoms with Crippen molar-refractivity contribution in [3.63, 3.8) is 0 Å². The molecule has 3 aromatic heterocycles. The van der Waals surface area contributed by atoms with Crippen LogP contribution in [0.5, 0.6) is 0 Å². The number of aromatic nitrogens is 7. The van der Waals surface area contributed by atoms with Gasteiger partial charge < -0.3 is 4.57 Å². The number of fused-ring (bicyclic) bond motifs is 3. The van der Waals surface area contributed by atoms with Gasteiger partial charge in [0.05, 0.1) is 16.7 Å². The Morgan fingerprint density at radius 3 is 1.21 bits per heavy atom. The molecule has 0 saturated heterocycles. The van der Waals surface area contributed by atoms with E-state index in [4.69, 9.17) is 29.9 Å². The van der Waals surface area contributed by atoms with E-state index in [1.54, 1.807) is 0 Å². The predicted molar refractivity (Wildman–Crippen MR) is 271 cm³/mol. The quantitative estimate of drug-likeness (QED) is 0.144. The first-order valence-corrected chi connectivity index (χ1v) is 22.3. The van der Waals surface area contributed by atoms with Gasteiger partial charge >= 0.3 is 0 Å². The summed E-state index contributed by atoms with van der Waals surface area (Å²) in [4.78, 5) is 31.3. The van der Waals surface area contributed by atoms with E-state index >= 15 is 0 Å². The molecule has 67 heavy (non-hydrogen) atoms. The minimum Gasteiger partial charge on any atom is -0.308 e. The number of hydrogen-bond donors (Lipinski definition) is 0. The highest BCUT2D eigenvalue weighted by Crippen LogP contribution is 2.42. The molecule has 7 heteroatoms. The van der Waals surface area contributed by atoms with Crippen LogP contribution in [0.4, 0.5) is 0 Å². The molecule has 0 bridgehead atoms. The van der Waals surface area contributed by atoms with Crippen molar-refractivity contribution in [2.24, 2.45) is 0 Å². The summed E-state index contributed by atoms with van der Waals surface area (Å²) in [5, 5.41) is 2.31. The van der Waals surface area contributed by atoms with Crippen LogP contribution in [0.2, 0.25) is 0 Å². The van der Waals surface area contributed by atoms with Crippen LogP contribution in [-0.2, 0) is 0 Å². The van der Waals surface area contributed by atoms with Gasteiger partial charge in [-0.15, -0.1) is 0 Å². The predicted octanol–water partition coefficient (Wildman–Crippen LogP) is 14.5. The molecule has 12 aromatic rings. The number of rotatable bonds is 9. The molecule has 314 valence electrons. The van der Waals surface area contributed by atoms with Gasteiger partial charge in [0.2, 0.25) is 0 Å². The summed E-state index contributed by atoms with van der Waals surface area (Å²) in [6, 6.07) is 81.1. The van der Waals surface area contributed by atoms with Crippen molar-refractivity contribution < 1.29 is 0 Å². The van der Waals surface area contributed by atoms with Crippen molar-refractivity contribution in [2.45, 2.75) is 0 Å². The van der Waals surface area contributed by atoms with Crippen molar-refractivity contribution >= 4 is 21.8 Å². The fraction of sp³-hybridized carbons (Fsp3) is 0. The highest BCUT2D eigenvalue weighted by molar-refractivity contribution is 6.16. The van der Waals surface area contributed by atoms with Gasteiger partial charge in [-0.2, -0.15) is 0 Å². The number of benzene rings is 9. The van der Waals surface area contributed by atoms with Crippen LogP contribution >= 0.6 is 0 Å². The molecule has 0 aliphatic rings. The summed E-state index contributed by atoms with van der Waals surface area (Å²) in [6.45, 7) is 0. The van der Waals surface area contributed by atoms with Crippen LogP contribution in [0, 0.1) is 0 Å². The Kier molecular flexibility index (Phi) is 10.0. The van der Waals surface area contributed by atoms with Gasteiger partial charge in [-0.1, -0.05) is 200 Å². The highest BCUT2D eigenvalue weighted by Gasteiger charge is 2.23. The maximum absolute atomic E-state index is 5.31. The number of para-hydroxylation sites is 1. The Bertz CT molecular complexity index is 3670. The third kappa shape index (κ3) is 7.50. The topological polar surface area (TPSA) is 82.3 Å². The molecule has 7 nitrogen and oxygen atoms in total. The van der Waals surface area contributed by atoms with Crippen LogP contribution in [0.15, 0.2) is 237 Å². The molecular formula is C60H39N7. The second kappa shape index (κ2) is 17.1. The summed E-state index contributed by atoms with van der Waals surface area (Å²) in [6.07, 6.45) is 0. The standard InChI is InChI=1S/C60H39N7/c1-6-20-40(21-7-1)45-30-18-31-46(38-45)58-62-55(42-24-10-3-11-25-42)63-59(64-58)47-36-37-52(67-51-34-17-16-32-49(51)54-48(33-19-35-53(54)67)41-22-8-2-9-23-41)50(39-47)60-65-56(43-26-12-4-13-27-43)61-57(66-60)44-28-14-5-15-29-44/h1-39H. The van der Waals surface area contributed by atoms with Crippen LogP contribution in [0.25, 0.3) is 118 Å². The molecule has 9 aromatic carbocycles. The van der Waals surface area contributed by atoms with Gasteiger partial charge in [0.25, 0.3) is 0 Å². The molecule has 0 spiro atoms. The molecule has 0 aliphatic heterocycles. The zero-order chi connectivity index (χ0) is 44.5.